The third-order valence-corrected chi connectivity index (χ3v) is 3.03. The zero-order chi connectivity index (χ0) is 12.0. The van der Waals surface area contributed by atoms with E-state index in [4.69, 9.17) is 4.74 Å². The summed E-state index contributed by atoms with van der Waals surface area (Å²) in [5.74, 6) is -0.0389. The number of carbonyl (C=O) groups is 1. The molecule has 3 heteroatoms. The number of nitrogens with zero attached hydrogens (tertiary/aromatic N) is 1. The van der Waals surface area contributed by atoms with Crippen molar-refractivity contribution in [2.75, 3.05) is 13.1 Å². The van der Waals surface area contributed by atoms with Crippen LogP contribution in [0.1, 0.15) is 52.9 Å². The van der Waals surface area contributed by atoms with E-state index in [1.165, 1.54) is 12.8 Å². The number of ether oxygens (including phenoxy) is 1. The van der Waals surface area contributed by atoms with E-state index in [9.17, 15) is 4.79 Å². The molecule has 1 saturated heterocycles. The molecule has 0 aromatic heterocycles. The molecule has 0 aliphatic carbocycles. The predicted molar refractivity (Wildman–Crippen MR) is 65.3 cm³/mol. The first-order chi connectivity index (χ1) is 7.63. The third-order valence-electron chi connectivity index (χ3n) is 3.03. The molecule has 0 radical (unpaired) electrons. The third kappa shape index (κ3) is 4.52. The van der Waals surface area contributed by atoms with Crippen molar-refractivity contribution in [3.8, 4) is 0 Å². The smallest absolute Gasteiger partial charge is 0.307 e. The summed E-state index contributed by atoms with van der Waals surface area (Å²) in [5.41, 5.74) is 0. The van der Waals surface area contributed by atoms with Crippen molar-refractivity contribution in [2.24, 2.45) is 0 Å². The Balaban J connectivity index is 2.39. The summed E-state index contributed by atoms with van der Waals surface area (Å²) in [6.07, 6.45) is 5.41. The van der Waals surface area contributed by atoms with Crippen LogP contribution in [0.5, 0.6) is 0 Å². The van der Waals surface area contributed by atoms with Gasteiger partial charge in [0, 0.05) is 6.04 Å². The molecule has 1 aliphatic heterocycles. The molecule has 0 spiro atoms. The summed E-state index contributed by atoms with van der Waals surface area (Å²) < 4.78 is 5.21. The molecule has 16 heavy (non-hydrogen) atoms. The van der Waals surface area contributed by atoms with Crippen LogP contribution in [0.3, 0.4) is 0 Å². The minimum absolute atomic E-state index is 0.00992. The number of rotatable bonds is 5. The van der Waals surface area contributed by atoms with E-state index in [1.54, 1.807) is 0 Å². The van der Waals surface area contributed by atoms with Crippen molar-refractivity contribution in [3.05, 3.63) is 0 Å². The highest BCUT2D eigenvalue weighted by Crippen LogP contribution is 2.20. The lowest BCUT2D eigenvalue weighted by Gasteiger charge is -2.35. The normalized spacial score (nSPS) is 22.4. The van der Waals surface area contributed by atoms with Gasteiger partial charge in [-0.1, -0.05) is 13.3 Å². The van der Waals surface area contributed by atoms with E-state index in [2.05, 4.69) is 11.8 Å². The van der Waals surface area contributed by atoms with Crippen LogP contribution in [0.2, 0.25) is 0 Å². The quantitative estimate of drug-likeness (QED) is 0.676. The topological polar surface area (TPSA) is 29.5 Å². The second-order valence-electron chi connectivity index (χ2n) is 4.93. The van der Waals surface area contributed by atoms with Crippen LogP contribution in [0.25, 0.3) is 0 Å². The monoisotopic (exact) mass is 227 g/mol. The van der Waals surface area contributed by atoms with Gasteiger partial charge in [0.15, 0.2) is 0 Å². The van der Waals surface area contributed by atoms with E-state index in [1.807, 2.05) is 13.8 Å². The van der Waals surface area contributed by atoms with Crippen LogP contribution in [0.15, 0.2) is 0 Å². The Bertz CT molecular complexity index is 214. The molecule has 1 rings (SSSR count). The number of piperidine rings is 1. The van der Waals surface area contributed by atoms with Gasteiger partial charge in [-0.2, -0.15) is 0 Å². The first kappa shape index (κ1) is 13.5. The Labute approximate surface area is 99.1 Å². The van der Waals surface area contributed by atoms with Crippen molar-refractivity contribution in [3.63, 3.8) is 0 Å². The van der Waals surface area contributed by atoms with E-state index >= 15 is 0 Å². The Morgan fingerprint density at radius 3 is 2.81 bits per heavy atom. The Morgan fingerprint density at radius 1 is 1.44 bits per heavy atom. The summed E-state index contributed by atoms with van der Waals surface area (Å²) in [7, 11) is 0. The molecule has 1 fully saturated rings. The molecule has 1 atom stereocenters. The molecule has 0 bridgehead atoms. The summed E-state index contributed by atoms with van der Waals surface area (Å²) >= 11 is 0. The molecule has 0 N–H and O–H groups in total. The van der Waals surface area contributed by atoms with Crippen LogP contribution in [-0.4, -0.2) is 36.1 Å². The fraction of sp³-hybridized carbons (Fsp3) is 0.923. The highest BCUT2D eigenvalue weighted by atomic mass is 16.5. The molecular formula is C13H25NO2. The minimum Gasteiger partial charge on any atom is -0.463 e. The Morgan fingerprint density at radius 2 is 2.19 bits per heavy atom. The number of carbonyl (C=O) groups excluding carboxylic acids is 1. The first-order valence-corrected chi connectivity index (χ1v) is 6.57. The van der Waals surface area contributed by atoms with Crippen LogP contribution in [0, 0.1) is 0 Å². The molecule has 1 aliphatic rings. The fourth-order valence-corrected chi connectivity index (χ4v) is 2.38. The van der Waals surface area contributed by atoms with E-state index in [0.29, 0.717) is 12.5 Å². The highest BCUT2D eigenvalue weighted by Gasteiger charge is 2.24. The van der Waals surface area contributed by atoms with E-state index in [-0.39, 0.29) is 12.1 Å². The maximum atomic E-state index is 11.6. The van der Waals surface area contributed by atoms with Gasteiger partial charge in [-0.3, -0.25) is 9.69 Å². The standard InChI is InChI=1S/C13H25NO2/c1-4-8-14-9-6-5-7-12(14)10-13(15)16-11(2)3/h11-12H,4-10H2,1-3H3. The predicted octanol–water partition coefficient (Wildman–Crippen LogP) is 2.59. The summed E-state index contributed by atoms with van der Waals surface area (Å²) in [4.78, 5) is 14.1. The first-order valence-electron chi connectivity index (χ1n) is 6.57. The van der Waals surface area contributed by atoms with Crippen molar-refractivity contribution in [1.82, 2.24) is 4.90 Å². The minimum atomic E-state index is -0.0389. The highest BCUT2D eigenvalue weighted by molar-refractivity contribution is 5.70. The lowest BCUT2D eigenvalue weighted by molar-refractivity contribution is -0.149. The maximum Gasteiger partial charge on any atom is 0.307 e. The molecule has 94 valence electrons. The summed E-state index contributed by atoms with van der Waals surface area (Å²) in [5, 5.41) is 0. The molecule has 0 amide bonds. The van der Waals surface area contributed by atoms with Gasteiger partial charge in [0.05, 0.1) is 12.5 Å². The summed E-state index contributed by atoms with van der Waals surface area (Å²) in [6, 6.07) is 0.417. The number of likely N-dealkylation sites (tertiary alicyclic amines) is 1. The van der Waals surface area contributed by atoms with E-state index in [0.717, 1.165) is 25.9 Å². The zero-order valence-corrected chi connectivity index (χ0v) is 10.9. The van der Waals surface area contributed by atoms with Crippen LogP contribution in [-0.2, 0) is 9.53 Å². The van der Waals surface area contributed by atoms with Crippen molar-refractivity contribution in [2.45, 2.75) is 65.0 Å². The van der Waals surface area contributed by atoms with Gasteiger partial charge >= 0.3 is 5.97 Å². The van der Waals surface area contributed by atoms with Crippen LogP contribution < -0.4 is 0 Å². The van der Waals surface area contributed by atoms with Crippen molar-refractivity contribution >= 4 is 5.97 Å². The average Bonchev–Trinajstić information content (AvgIpc) is 2.20. The van der Waals surface area contributed by atoms with E-state index < -0.39 is 0 Å². The number of hydrogen-bond acceptors (Lipinski definition) is 3. The van der Waals surface area contributed by atoms with Crippen LogP contribution >= 0.6 is 0 Å². The molecular weight excluding hydrogens is 202 g/mol. The number of hydrogen-bond donors (Lipinski definition) is 0. The van der Waals surface area contributed by atoms with Gasteiger partial charge in [-0.25, -0.2) is 0 Å². The maximum absolute atomic E-state index is 11.6. The fourth-order valence-electron chi connectivity index (χ4n) is 2.38. The van der Waals surface area contributed by atoms with Gasteiger partial charge in [-0.05, 0) is 46.2 Å². The number of esters is 1. The lowest BCUT2D eigenvalue weighted by Crippen LogP contribution is -2.41. The summed E-state index contributed by atoms with van der Waals surface area (Å²) in [6.45, 7) is 8.26. The van der Waals surface area contributed by atoms with Crippen LogP contribution in [0.4, 0.5) is 0 Å². The molecule has 1 unspecified atom stereocenters. The molecule has 3 nitrogen and oxygen atoms in total. The van der Waals surface area contributed by atoms with Gasteiger partial charge in [0.1, 0.15) is 0 Å². The second kappa shape index (κ2) is 6.89. The molecule has 1 heterocycles. The Hall–Kier alpha value is -0.570. The van der Waals surface area contributed by atoms with Gasteiger partial charge in [0.25, 0.3) is 0 Å². The van der Waals surface area contributed by atoms with Gasteiger partial charge in [0.2, 0.25) is 0 Å². The second-order valence-corrected chi connectivity index (χ2v) is 4.93. The molecule has 0 aromatic rings. The zero-order valence-electron chi connectivity index (χ0n) is 10.9. The SMILES string of the molecule is CCCN1CCCCC1CC(=O)OC(C)C. The molecule has 0 aromatic carbocycles. The Kier molecular flexibility index (Phi) is 5.81. The van der Waals surface area contributed by atoms with Crippen molar-refractivity contribution < 1.29 is 9.53 Å². The molecule has 0 saturated carbocycles. The average molecular weight is 227 g/mol. The van der Waals surface area contributed by atoms with Gasteiger partial charge in [-0.15, -0.1) is 0 Å². The largest absolute Gasteiger partial charge is 0.463 e. The lowest BCUT2D eigenvalue weighted by atomic mass is 9.99. The van der Waals surface area contributed by atoms with Crippen molar-refractivity contribution in [1.29, 1.82) is 0 Å². The van der Waals surface area contributed by atoms with Gasteiger partial charge < -0.3 is 4.74 Å².